The van der Waals surface area contributed by atoms with Crippen molar-refractivity contribution in [2.45, 2.75) is 0 Å². The molecule has 4 rings (SSSR count). The van der Waals surface area contributed by atoms with E-state index in [0.29, 0.717) is 0 Å². The standard InChI is InChI=1S/C19H20N4O3S/c24-16-4-1-14(2-5-16)15-3-6-17-18(11-15)21-19(12-20-17)23-9-7-22(8-10-23)13-27(25)26/h1-6,11-12,24H,7-10,13H2,(H,25,26). The van der Waals surface area contributed by atoms with Crippen LogP contribution in [-0.2, 0) is 11.1 Å². The second kappa shape index (κ2) is 7.59. The summed E-state index contributed by atoms with van der Waals surface area (Å²) >= 11 is -1.80. The normalized spacial score (nSPS) is 16.6. The first-order chi connectivity index (χ1) is 13.1. The number of phenolic OH excluding ortho intramolecular Hbond substituents is 1. The average molecular weight is 384 g/mol. The van der Waals surface area contributed by atoms with Crippen LogP contribution in [0.4, 0.5) is 5.82 Å². The molecule has 1 unspecified atom stereocenters. The van der Waals surface area contributed by atoms with Crippen LogP contribution >= 0.6 is 0 Å². The van der Waals surface area contributed by atoms with Crippen molar-refractivity contribution in [1.82, 2.24) is 14.9 Å². The number of piperazine rings is 1. The molecular formula is C19H20N4O3S. The van der Waals surface area contributed by atoms with Gasteiger partial charge in [0.2, 0.25) is 0 Å². The summed E-state index contributed by atoms with van der Waals surface area (Å²) in [6.45, 7) is 2.93. The van der Waals surface area contributed by atoms with Gasteiger partial charge in [-0.2, -0.15) is 0 Å². The first-order valence-electron chi connectivity index (χ1n) is 8.69. The first-order valence-corrected chi connectivity index (χ1v) is 9.97. The maximum Gasteiger partial charge on any atom is 0.167 e. The number of hydrogen-bond acceptors (Lipinski definition) is 6. The maximum absolute atomic E-state index is 11.0. The van der Waals surface area contributed by atoms with Crippen LogP contribution in [-0.4, -0.2) is 60.8 Å². The van der Waals surface area contributed by atoms with E-state index in [1.807, 2.05) is 35.2 Å². The van der Waals surface area contributed by atoms with Gasteiger partial charge in [0.1, 0.15) is 17.4 Å². The van der Waals surface area contributed by atoms with Gasteiger partial charge in [-0.05, 0) is 35.4 Å². The molecule has 140 valence electrons. The topological polar surface area (TPSA) is 89.8 Å². The highest BCUT2D eigenvalue weighted by Gasteiger charge is 2.19. The zero-order valence-corrected chi connectivity index (χ0v) is 15.5. The van der Waals surface area contributed by atoms with E-state index in [0.717, 1.165) is 54.2 Å². The molecule has 1 aromatic heterocycles. The molecule has 1 atom stereocenters. The van der Waals surface area contributed by atoms with Crippen LogP contribution in [0.1, 0.15) is 0 Å². The Morgan fingerprint density at radius 1 is 0.963 bits per heavy atom. The predicted molar refractivity (Wildman–Crippen MR) is 106 cm³/mol. The highest BCUT2D eigenvalue weighted by molar-refractivity contribution is 7.79. The third-order valence-electron chi connectivity index (χ3n) is 4.72. The van der Waals surface area contributed by atoms with Crippen LogP contribution in [0.15, 0.2) is 48.7 Å². The largest absolute Gasteiger partial charge is 0.508 e. The van der Waals surface area contributed by atoms with Gasteiger partial charge in [-0.15, -0.1) is 0 Å². The lowest BCUT2D eigenvalue weighted by molar-refractivity contribution is 0.292. The summed E-state index contributed by atoms with van der Waals surface area (Å²) in [5, 5.41) is 9.46. The Morgan fingerprint density at radius 3 is 2.37 bits per heavy atom. The molecule has 0 bridgehead atoms. The molecular weight excluding hydrogens is 364 g/mol. The fourth-order valence-corrected chi connectivity index (χ4v) is 3.82. The van der Waals surface area contributed by atoms with Gasteiger partial charge in [0.25, 0.3) is 0 Å². The van der Waals surface area contributed by atoms with Crippen molar-refractivity contribution in [3.05, 3.63) is 48.7 Å². The Balaban J connectivity index is 1.56. The van der Waals surface area contributed by atoms with Crippen molar-refractivity contribution in [2.75, 3.05) is 37.0 Å². The fourth-order valence-electron chi connectivity index (χ4n) is 3.25. The number of nitrogens with zero attached hydrogens (tertiary/aromatic N) is 4. The molecule has 1 aliphatic rings. The molecule has 0 saturated carbocycles. The molecule has 1 saturated heterocycles. The summed E-state index contributed by atoms with van der Waals surface area (Å²) in [7, 11) is 0. The summed E-state index contributed by atoms with van der Waals surface area (Å²) in [5.74, 6) is 1.24. The van der Waals surface area contributed by atoms with Crippen LogP contribution < -0.4 is 4.90 Å². The Morgan fingerprint density at radius 2 is 1.67 bits per heavy atom. The van der Waals surface area contributed by atoms with Crippen molar-refractivity contribution in [1.29, 1.82) is 0 Å². The van der Waals surface area contributed by atoms with E-state index in [2.05, 4.69) is 9.88 Å². The Bertz CT molecular complexity index is 972. The second-order valence-electron chi connectivity index (χ2n) is 6.53. The Hall–Kier alpha value is -2.55. The minimum absolute atomic E-state index is 0.188. The van der Waals surface area contributed by atoms with Gasteiger partial charge in [-0.1, -0.05) is 18.2 Å². The zero-order valence-electron chi connectivity index (χ0n) is 14.7. The molecule has 0 aliphatic carbocycles. The number of rotatable bonds is 4. The molecule has 0 radical (unpaired) electrons. The van der Waals surface area contributed by atoms with Gasteiger partial charge in [0.15, 0.2) is 11.1 Å². The molecule has 8 heteroatoms. The van der Waals surface area contributed by atoms with Crippen molar-refractivity contribution in [3.63, 3.8) is 0 Å². The van der Waals surface area contributed by atoms with Crippen molar-refractivity contribution in [2.24, 2.45) is 0 Å². The summed E-state index contributed by atoms with van der Waals surface area (Å²) in [5.41, 5.74) is 3.67. The molecule has 1 fully saturated rings. The number of fused-ring (bicyclic) bond motifs is 1. The Kier molecular flexibility index (Phi) is 5.02. The second-order valence-corrected chi connectivity index (χ2v) is 7.44. The van der Waals surface area contributed by atoms with E-state index in [9.17, 15) is 9.32 Å². The number of hydrogen-bond donors (Lipinski definition) is 2. The first kappa shape index (κ1) is 17.8. The van der Waals surface area contributed by atoms with Crippen LogP contribution in [0.5, 0.6) is 5.75 Å². The van der Waals surface area contributed by atoms with E-state index in [1.54, 1.807) is 18.3 Å². The fraction of sp³-hybridized carbons (Fsp3) is 0.263. The highest BCUT2D eigenvalue weighted by Crippen LogP contribution is 2.25. The van der Waals surface area contributed by atoms with E-state index >= 15 is 0 Å². The van der Waals surface area contributed by atoms with Crippen LogP contribution in [0.3, 0.4) is 0 Å². The quantitative estimate of drug-likeness (QED) is 0.667. The molecule has 0 spiro atoms. The van der Waals surface area contributed by atoms with Gasteiger partial charge >= 0.3 is 0 Å². The lowest BCUT2D eigenvalue weighted by atomic mass is 10.0. The summed E-state index contributed by atoms with van der Waals surface area (Å²) in [6, 6.07) is 13.0. The minimum atomic E-state index is -1.80. The molecule has 1 aliphatic heterocycles. The molecule has 27 heavy (non-hydrogen) atoms. The van der Waals surface area contributed by atoms with Gasteiger partial charge in [0, 0.05) is 26.2 Å². The lowest BCUT2D eigenvalue weighted by Crippen LogP contribution is -2.47. The summed E-state index contributed by atoms with van der Waals surface area (Å²) in [4.78, 5) is 13.4. The van der Waals surface area contributed by atoms with E-state index in [4.69, 9.17) is 9.54 Å². The third-order valence-corrected chi connectivity index (χ3v) is 5.31. The van der Waals surface area contributed by atoms with E-state index in [-0.39, 0.29) is 11.6 Å². The number of benzene rings is 2. The van der Waals surface area contributed by atoms with E-state index in [1.165, 1.54) is 0 Å². The number of aromatic hydroxyl groups is 1. The van der Waals surface area contributed by atoms with Crippen LogP contribution in [0, 0.1) is 0 Å². The van der Waals surface area contributed by atoms with Gasteiger partial charge < -0.3 is 14.6 Å². The maximum atomic E-state index is 11.0. The van der Waals surface area contributed by atoms with Gasteiger partial charge in [0.05, 0.1) is 17.2 Å². The van der Waals surface area contributed by atoms with Crippen molar-refractivity contribution in [3.8, 4) is 16.9 Å². The zero-order chi connectivity index (χ0) is 18.8. The summed E-state index contributed by atoms with van der Waals surface area (Å²) in [6.07, 6.45) is 1.78. The molecule has 2 heterocycles. The smallest absolute Gasteiger partial charge is 0.167 e. The molecule has 0 amide bonds. The highest BCUT2D eigenvalue weighted by atomic mass is 32.2. The van der Waals surface area contributed by atoms with E-state index < -0.39 is 11.1 Å². The number of aromatic nitrogens is 2. The van der Waals surface area contributed by atoms with Gasteiger partial charge in [-0.3, -0.25) is 9.88 Å². The molecule has 2 aromatic carbocycles. The average Bonchev–Trinajstić information content (AvgIpc) is 2.68. The third kappa shape index (κ3) is 4.08. The van der Waals surface area contributed by atoms with Crippen LogP contribution in [0.2, 0.25) is 0 Å². The van der Waals surface area contributed by atoms with Crippen molar-refractivity contribution < 1.29 is 13.9 Å². The minimum Gasteiger partial charge on any atom is -0.508 e. The number of anilines is 1. The SMILES string of the molecule is O=S(O)CN1CCN(c2cnc3ccc(-c4ccc(O)cc4)cc3n2)CC1. The number of phenols is 1. The molecule has 7 nitrogen and oxygen atoms in total. The van der Waals surface area contributed by atoms with Crippen molar-refractivity contribution >= 4 is 27.9 Å². The monoisotopic (exact) mass is 384 g/mol. The Labute approximate surface area is 159 Å². The van der Waals surface area contributed by atoms with Crippen LogP contribution in [0.25, 0.3) is 22.2 Å². The van der Waals surface area contributed by atoms with Gasteiger partial charge in [-0.25, -0.2) is 9.19 Å². The molecule has 3 aromatic rings. The predicted octanol–water partition coefficient (Wildman–Crippen LogP) is 2.30. The summed E-state index contributed by atoms with van der Waals surface area (Å²) < 4.78 is 20.0. The lowest BCUT2D eigenvalue weighted by Gasteiger charge is -2.34. The molecule has 2 N–H and O–H groups in total.